The highest BCUT2D eigenvalue weighted by atomic mass is 16.5. The van der Waals surface area contributed by atoms with Gasteiger partial charge >= 0.3 is 6.09 Å². The number of tetrazole rings is 1. The van der Waals surface area contributed by atoms with E-state index in [9.17, 15) is 4.79 Å². The average Bonchev–Trinajstić information content (AvgIpc) is 2.80. The summed E-state index contributed by atoms with van der Waals surface area (Å²) in [5.74, 6) is 0.855. The highest BCUT2D eigenvalue weighted by Crippen LogP contribution is 2.20. The number of carbonyl (C=O) groups excluding carboxylic acids is 1. The quantitative estimate of drug-likeness (QED) is 0.740. The lowest BCUT2D eigenvalue weighted by molar-refractivity contribution is 0.124. The Bertz CT molecular complexity index is 400. The van der Waals surface area contributed by atoms with Crippen LogP contribution in [0.3, 0.4) is 0 Å². The Morgan fingerprint density at radius 1 is 1.69 bits per heavy atom. The van der Waals surface area contributed by atoms with Gasteiger partial charge < -0.3 is 9.64 Å². The molecule has 1 aromatic rings. The second-order valence-corrected chi connectivity index (χ2v) is 3.77. The van der Waals surface area contributed by atoms with E-state index in [2.05, 4.69) is 26.7 Å². The maximum Gasteiger partial charge on any atom is 0.409 e. The first kappa shape index (κ1) is 10.6. The number of methoxy groups -OCH3 is 1. The van der Waals surface area contributed by atoms with Gasteiger partial charge in [0.2, 0.25) is 0 Å². The molecule has 1 aliphatic heterocycles. The van der Waals surface area contributed by atoms with Crippen molar-refractivity contribution in [2.45, 2.75) is 6.92 Å². The van der Waals surface area contributed by atoms with E-state index in [1.165, 1.54) is 7.11 Å². The summed E-state index contributed by atoms with van der Waals surface area (Å²) in [4.78, 5) is 13.1. The summed E-state index contributed by atoms with van der Waals surface area (Å²) in [7, 11) is 1.38. The number of nitrogens with one attached hydrogen (secondary N) is 1. The number of amides is 1. The Kier molecular flexibility index (Phi) is 2.84. The molecular weight excluding hydrogens is 210 g/mol. The minimum absolute atomic E-state index is 0.257. The van der Waals surface area contributed by atoms with Gasteiger partial charge in [-0.3, -0.25) is 0 Å². The summed E-state index contributed by atoms with van der Waals surface area (Å²) in [5.41, 5.74) is 0.911. The van der Waals surface area contributed by atoms with Gasteiger partial charge in [0.05, 0.1) is 13.7 Å². The van der Waals surface area contributed by atoms with Gasteiger partial charge in [-0.15, -0.1) is 5.10 Å². The molecule has 16 heavy (non-hydrogen) atoms. The fourth-order valence-electron chi connectivity index (χ4n) is 1.78. The van der Waals surface area contributed by atoms with Crippen LogP contribution in [0.15, 0.2) is 6.08 Å². The van der Waals surface area contributed by atoms with Crippen molar-refractivity contribution in [1.29, 1.82) is 0 Å². The molecule has 2 rings (SSSR count). The van der Waals surface area contributed by atoms with Gasteiger partial charge in [-0.05, 0) is 16.3 Å². The molecule has 0 radical (unpaired) electrons. The third kappa shape index (κ3) is 2.02. The molecule has 1 unspecified atom stereocenters. The summed E-state index contributed by atoms with van der Waals surface area (Å²) < 4.78 is 4.70. The van der Waals surface area contributed by atoms with Crippen LogP contribution in [0, 0.1) is 5.92 Å². The highest BCUT2D eigenvalue weighted by Gasteiger charge is 2.24. The minimum Gasteiger partial charge on any atom is -0.453 e. The molecule has 1 aliphatic rings. The minimum atomic E-state index is -0.329. The van der Waals surface area contributed by atoms with Crippen LogP contribution in [-0.2, 0) is 4.74 Å². The molecule has 7 nitrogen and oxygen atoms in total. The molecule has 1 N–H and O–H groups in total. The van der Waals surface area contributed by atoms with Crippen LogP contribution < -0.4 is 0 Å². The summed E-state index contributed by atoms with van der Waals surface area (Å²) in [6, 6.07) is 0. The maximum absolute atomic E-state index is 11.4. The number of hydrogen-bond acceptors (Lipinski definition) is 5. The number of H-pyrrole nitrogens is 1. The fourth-order valence-corrected chi connectivity index (χ4v) is 1.78. The third-order valence-corrected chi connectivity index (χ3v) is 2.44. The average molecular weight is 223 g/mol. The number of aromatic amines is 1. The molecule has 0 saturated carbocycles. The second kappa shape index (κ2) is 4.30. The lowest BCUT2D eigenvalue weighted by atomic mass is 10.0. The Hall–Kier alpha value is -1.92. The normalized spacial score (nSPS) is 20.5. The van der Waals surface area contributed by atoms with Crippen molar-refractivity contribution in [1.82, 2.24) is 25.5 Å². The fraction of sp³-hybridized carbons (Fsp3) is 0.556. The molecule has 1 amide bonds. The monoisotopic (exact) mass is 223 g/mol. The van der Waals surface area contributed by atoms with Crippen molar-refractivity contribution in [2.24, 2.45) is 5.92 Å². The van der Waals surface area contributed by atoms with Gasteiger partial charge in [0.25, 0.3) is 0 Å². The first-order valence-corrected chi connectivity index (χ1v) is 4.98. The summed E-state index contributed by atoms with van der Waals surface area (Å²) in [6.07, 6.45) is 1.73. The van der Waals surface area contributed by atoms with Crippen molar-refractivity contribution < 1.29 is 9.53 Å². The SMILES string of the molecule is COC(=O)N1CC(c2nnn[nH]2)=CC(C)C1. The van der Waals surface area contributed by atoms with Crippen LogP contribution in [0.5, 0.6) is 0 Å². The summed E-state index contributed by atoms with van der Waals surface area (Å²) in [6.45, 7) is 3.14. The lowest BCUT2D eigenvalue weighted by Crippen LogP contribution is -2.38. The number of aromatic nitrogens is 4. The lowest BCUT2D eigenvalue weighted by Gasteiger charge is -2.28. The molecule has 0 fully saturated rings. The van der Waals surface area contributed by atoms with Crippen LogP contribution in [-0.4, -0.2) is 51.8 Å². The van der Waals surface area contributed by atoms with E-state index in [1.54, 1.807) is 4.90 Å². The van der Waals surface area contributed by atoms with Crippen molar-refractivity contribution in [3.05, 3.63) is 11.9 Å². The van der Waals surface area contributed by atoms with Gasteiger partial charge in [-0.2, -0.15) is 0 Å². The molecule has 0 bridgehead atoms. The smallest absolute Gasteiger partial charge is 0.409 e. The second-order valence-electron chi connectivity index (χ2n) is 3.77. The van der Waals surface area contributed by atoms with E-state index in [0.29, 0.717) is 18.9 Å². The number of nitrogens with zero attached hydrogens (tertiary/aromatic N) is 4. The highest BCUT2D eigenvalue weighted by molar-refractivity contribution is 5.73. The van der Waals surface area contributed by atoms with Crippen molar-refractivity contribution in [3.8, 4) is 0 Å². The van der Waals surface area contributed by atoms with Crippen LogP contribution in [0.25, 0.3) is 5.57 Å². The third-order valence-electron chi connectivity index (χ3n) is 2.44. The van der Waals surface area contributed by atoms with E-state index >= 15 is 0 Å². The molecule has 1 atom stereocenters. The molecule has 2 heterocycles. The van der Waals surface area contributed by atoms with E-state index in [-0.39, 0.29) is 12.0 Å². The predicted molar refractivity (Wildman–Crippen MR) is 55.3 cm³/mol. The van der Waals surface area contributed by atoms with Gasteiger partial charge in [-0.25, -0.2) is 9.89 Å². The first-order chi connectivity index (χ1) is 7.70. The molecule has 1 aromatic heterocycles. The van der Waals surface area contributed by atoms with E-state index < -0.39 is 0 Å². The topological polar surface area (TPSA) is 84.0 Å². The van der Waals surface area contributed by atoms with E-state index in [4.69, 9.17) is 4.74 Å². The zero-order valence-corrected chi connectivity index (χ0v) is 9.17. The Balaban J connectivity index is 2.18. The van der Waals surface area contributed by atoms with Gasteiger partial charge in [0, 0.05) is 12.1 Å². The molecule has 0 aromatic carbocycles. The van der Waals surface area contributed by atoms with E-state index in [0.717, 1.165) is 5.57 Å². The van der Waals surface area contributed by atoms with Gasteiger partial charge in [0.1, 0.15) is 0 Å². The van der Waals surface area contributed by atoms with Crippen LogP contribution in [0.1, 0.15) is 12.7 Å². The zero-order valence-electron chi connectivity index (χ0n) is 9.17. The maximum atomic E-state index is 11.4. The summed E-state index contributed by atoms with van der Waals surface area (Å²) in [5, 5.41) is 13.5. The summed E-state index contributed by atoms with van der Waals surface area (Å²) >= 11 is 0. The standard InChI is InChI=1S/C9H13N5O2/c1-6-3-7(8-10-12-13-11-8)5-14(4-6)9(15)16-2/h3,6H,4-5H2,1-2H3,(H,10,11,12,13). The predicted octanol–water partition coefficient (Wildman–Crippen LogP) is 0.301. The molecule has 0 saturated heterocycles. The molecule has 7 heteroatoms. The van der Waals surface area contributed by atoms with Gasteiger partial charge in [-0.1, -0.05) is 13.0 Å². The number of ether oxygens (including phenoxy) is 1. The number of carbonyl (C=O) groups is 1. The Labute approximate surface area is 92.5 Å². The van der Waals surface area contributed by atoms with Crippen LogP contribution >= 0.6 is 0 Å². The molecule has 0 aliphatic carbocycles. The molecular formula is C9H13N5O2. The molecule has 86 valence electrons. The van der Waals surface area contributed by atoms with Crippen molar-refractivity contribution in [2.75, 3.05) is 20.2 Å². The van der Waals surface area contributed by atoms with Gasteiger partial charge in [0.15, 0.2) is 5.82 Å². The Morgan fingerprint density at radius 3 is 3.12 bits per heavy atom. The number of hydrogen-bond donors (Lipinski definition) is 1. The van der Waals surface area contributed by atoms with E-state index in [1.807, 2.05) is 6.92 Å². The van der Waals surface area contributed by atoms with Crippen molar-refractivity contribution >= 4 is 11.7 Å². The molecule has 0 spiro atoms. The number of rotatable bonds is 1. The Morgan fingerprint density at radius 2 is 2.50 bits per heavy atom. The zero-order chi connectivity index (χ0) is 11.5. The van der Waals surface area contributed by atoms with Crippen molar-refractivity contribution in [3.63, 3.8) is 0 Å². The first-order valence-electron chi connectivity index (χ1n) is 4.98. The van der Waals surface area contributed by atoms with Crippen LogP contribution in [0.4, 0.5) is 4.79 Å². The largest absolute Gasteiger partial charge is 0.453 e. The van der Waals surface area contributed by atoms with Crippen LogP contribution in [0.2, 0.25) is 0 Å².